The van der Waals surface area contributed by atoms with Crippen molar-refractivity contribution >= 4 is 33.0 Å². The number of amides is 2. The Morgan fingerprint density at radius 2 is 1.88 bits per heavy atom. The van der Waals surface area contributed by atoms with Gasteiger partial charge < -0.3 is 9.16 Å². The zero-order chi connectivity index (χ0) is 24.4. The SMILES string of the molecule is [C-]#[N+]c1ccc(N2C(=O)[C@@H]3[C@H](C2=O)C2(C)CCC3(CCO[Si]C(C)(C)C)O2)cc1C(F)(F)F. The van der Waals surface area contributed by atoms with E-state index >= 15 is 0 Å². The van der Waals surface area contributed by atoms with Crippen LogP contribution < -0.4 is 4.90 Å². The van der Waals surface area contributed by atoms with E-state index in [1.807, 2.05) is 0 Å². The normalized spacial score (nSPS) is 31.3. The van der Waals surface area contributed by atoms with Gasteiger partial charge in [-0.25, -0.2) is 9.74 Å². The number of hydrogen-bond acceptors (Lipinski definition) is 4. The van der Waals surface area contributed by atoms with Gasteiger partial charge in [-0.15, -0.1) is 0 Å². The van der Waals surface area contributed by atoms with E-state index in [1.54, 1.807) is 6.92 Å². The molecule has 4 rings (SSSR count). The summed E-state index contributed by atoms with van der Waals surface area (Å²) >= 11 is 0. The number of imide groups is 1. The third-order valence-electron chi connectivity index (χ3n) is 6.68. The maximum absolute atomic E-state index is 13.5. The van der Waals surface area contributed by atoms with Crippen LogP contribution in [-0.2, 0) is 24.9 Å². The minimum atomic E-state index is -4.78. The number of carbonyl (C=O) groups is 2. The molecule has 3 fully saturated rings. The smallest absolute Gasteiger partial charge is 0.407 e. The van der Waals surface area contributed by atoms with Crippen LogP contribution in [0.2, 0.25) is 5.04 Å². The lowest BCUT2D eigenvalue weighted by Crippen LogP contribution is -2.43. The van der Waals surface area contributed by atoms with E-state index in [0.29, 0.717) is 25.9 Å². The van der Waals surface area contributed by atoms with Gasteiger partial charge in [0, 0.05) is 12.3 Å². The lowest BCUT2D eigenvalue weighted by atomic mass is 9.67. The monoisotopic (exact) mass is 478 g/mol. The second-order valence-corrected chi connectivity index (χ2v) is 12.2. The molecule has 0 N–H and O–H groups in total. The van der Waals surface area contributed by atoms with E-state index in [4.69, 9.17) is 15.7 Å². The molecule has 6 nitrogen and oxygen atoms in total. The average molecular weight is 479 g/mol. The molecule has 33 heavy (non-hydrogen) atoms. The zero-order valence-electron chi connectivity index (χ0n) is 18.9. The molecule has 3 aliphatic rings. The van der Waals surface area contributed by atoms with Crippen molar-refractivity contribution in [2.75, 3.05) is 11.5 Å². The predicted molar refractivity (Wildman–Crippen MR) is 115 cm³/mol. The highest BCUT2D eigenvalue weighted by Crippen LogP contribution is 2.62. The molecule has 10 heteroatoms. The van der Waals surface area contributed by atoms with Crippen molar-refractivity contribution in [2.24, 2.45) is 11.8 Å². The Kier molecular flexibility index (Phi) is 5.54. The van der Waals surface area contributed by atoms with Crippen LogP contribution in [0.1, 0.15) is 52.5 Å². The maximum atomic E-state index is 13.5. The predicted octanol–water partition coefficient (Wildman–Crippen LogP) is 4.93. The van der Waals surface area contributed by atoms with Gasteiger partial charge in [0.15, 0.2) is 5.69 Å². The molecule has 2 radical (unpaired) electrons. The van der Waals surface area contributed by atoms with Crippen molar-refractivity contribution < 1.29 is 31.9 Å². The summed E-state index contributed by atoms with van der Waals surface area (Å²) in [6.45, 7) is 15.4. The molecule has 4 atom stereocenters. The highest BCUT2D eigenvalue weighted by molar-refractivity contribution is 6.31. The van der Waals surface area contributed by atoms with Crippen LogP contribution in [0.3, 0.4) is 0 Å². The summed E-state index contributed by atoms with van der Waals surface area (Å²) in [5.74, 6) is -2.61. The van der Waals surface area contributed by atoms with E-state index in [-0.39, 0.29) is 20.5 Å². The van der Waals surface area contributed by atoms with E-state index in [1.165, 1.54) is 6.07 Å². The van der Waals surface area contributed by atoms with Gasteiger partial charge in [-0.3, -0.25) is 9.59 Å². The Labute approximate surface area is 193 Å². The summed E-state index contributed by atoms with van der Waals surface area (Å²) in [5.41, 5.74) is -3.62. The van der Waals surface area contributed by atoms with Crippen LogP contribution in [0.5, 0.6) is 0 Å². The van der Waals surface area contributed by atoms with Gasteiger partial charge in [0.25, 0.3) is 0 Å². The Hall–Kier alpha value is -2.22. The number of benzene rings is 1. The van der Waals surface area contributed by atoms with Gasteiger partial charge in [-0.05, 0) is 43.4 Å². The molecule has 0 aliphatic carbocycles. The van der Waals surface area contributed by atoms with Crippen molar-refractivity contribution in [3.8, 4) is 0 Å². The zero-order valence-corrected chi connectivity index (χ0v) is 19.9. The molecule has 0 spiro atoms. The van der Waals surface area contributed by atoms with Crippen molar-refractivity contribution in [3.63, 3.8) is 0 Å². The van der Waals surface area contributed by atoms with Crippen molar-refractivity contribution in [1.82, 2.24) is 0 Å². The average Bonchev–Trinajstić information content (AvgIpc) is 3.28. The van der Waals surface area contributed by atoms with Gasteiger partial charge in [0.1, 0.15) is 0 Å². The highest BCUT2D eigenvalue weighted by Gasteiger charge is 2.73. The molecule has 0 aromatic heterocycles. The first-order chi connectivity index (χ1) is 15.2. The number of fused-ring (bicyclic) bond motifs is 5. The van der Waals surface area contributed by atoms with Gasteiger partial charge in [0.05, 0.1) is 35.2 Å². The topological polar surface area (TPSA) is 60.2 Å². The number of anilines is 1. The van der Waals surface area contributed by atoms with Gasteiger partial charge >= 0.3 is 6.18 Å². The number of halogens is 3. The summed E-state index contributed by atoms with van der Waals surface area (Å²) in [5, 5.41) is 0.00452. The molecule has 1 aromatic carbocycles. The second kappa shape index (κ2) is 7.65. The first-order valence-corrected chi connectivity index (χ1v) is 11.7. The fourth-order valence-electron chi connectivity index (χ4n) is 5.34. The molecule has 2 bridgehead atoms. The Bertz CT molecular complexity index is 1050. The fraction of sp³-hybridized carbons (Fsp3) is 0.609. The first-order valence-electron chi connectivity index (χ1n) is 10.8. The summed E-state index contributed by atoms with van der Waals surface area (Å²) in [7, 11) is 0.265. The quantitative estimate of drug-likeness (QED) is 0.261. The number of alkyl halides is 3. The molecule has 0 saturated carbocycles. The molecular formula is C23H25F3N2O4Si. The van der Waals surface area contributed by atoms with Gasteiger partial charge in [-0.1, -0.05) is 26.8 Å². The van der Waals surface area contributed by atoms with Crippen LogP contribution in [0.25, 0.3) is 4.85 Å². The molecule has 176 valence electrons. The largest absolute Gasteiger partial charge is 0.417 e. The lowest BCUT2D eigenvalue weighted by Gasteiger charge is -2.31. The lowest BCUT2D eigenvalue weighted by molar-refractivity contribution is -0.137. The molecule has 2 unspecified atom stereocenters. The first kappa shape index (κ1) is 23.9. The number of ether oxygens (including phenoxy) is 1. The van der Waals surface area contributed by atoms with Crippen molar-refractivity contribution in [1.29, 1.82) is 0 Å². The number of carbonyl (C=O) groups excluding carboxylic acids is 2. The third kappa shape index (κ3) is 3.90. The van der Waals surface area contributed by atoms with Crippen molar-refractivity contribution in [2.45, 2.75) is 69.4 Å². The second-order valence-electron chi connectivity index (χ2n) is 10.2. The highest BCUT2D eigenvalue weighted by atomic mass is 28.2. The number of hydrogen-bond donors (Lipinski definition) is 0. The fourth-order valence-corrected chi connectivity index (χ4v) is 5.98. The van der Waals surface area contributed by atoms with Crippen molar-refractivity contribution in [3.05, 3.63) is 35.2 Å². The maximum Gasteiger partial charge on any atom is 0.407 e. The Morgan fingerprint density at radius 3 is 2.48 bits per heavy atom. The van der Waals surface area contributed by atoms with Crippen LogP contribution >= 0.6 is 0 Å². The molecule has 3 heterocycles. The van der Waals surface area contributed by atoms with Crippen LogP contribution in [0, 0.1) is 18.4 Å². The van der Waals surface area contributed by atoms with E-state index in [9.17, 15) is 22.8 Å². The summed E-state index contributed by atoms with van der Waals surface area (Å²) in [6.07, 6.45) is -3.17. The minimum absolute atomic E-state index is 0.00452. The van der Waals surface area contributed by atoms with E-state index in [0.717, 1.165) is 17.0 Å². The van der Waals surface area contributed by atoms with Crippen LogP contribution in [-0.4, -0.2) is 39.4 Å². The Balaban J connectivity index is 1.64. The minimum Gasteiger partial charge on any atom is -0.417 e. The summed E-state index contributed by atoms with van der Waals surface area (Å²) < 4.78 is 52.6. The molecule has 3 aliphatic heterocycles. The van der Waals surface area contributed by atoms with Gasteiger partial charge in [-0.2, -0.15) is 13.2 Å². The standard InChI is InChI=1S/C23H25F3N2O4Si/c1-20(2,3)33-31-11-10-22-9-8-21(4,32-22)16-17(22)19(30)28(18(16)29)13-6-7-15(27-5)14(12-13)23(24,25)26/h6-7,12,16-17H,8-11H2,1-4H3/t16-,17+,21?,22?/m1/s1. The molecule has 1 aromatic rings. The van der Waals surface area contributed by atoms with E-state index < -0.39 is 52.3 Å². The van der Waals surface area contributed by atoms with E-state index in [2.05, 4.69) is 25.6 Å². The number of nitrogens with zero attached hydrogens (tertiary/aromatic N) is 2. The molecule has 3 saturated heterocycles. The number of rotatable bonds is 5. The third-order valence-corrected chi connectivity index (χ3v) is 7.64. The van der Waals surface area contributed by atoms with Gasteiger partial charge in [0.2, 0.25) is 21.6 Å². The molecular weight excluding hydrogens is 453 g/mol. The van der Waals surface area contributed by atoms with Crippen LogP contribution in [0.15, 0.2) is 18.2 Å². The van der Waals surface area contributed by atoms with Crippen LogP contribution in [0.4, 0.5) is 24.5 Å². The molecule has 2 amide bonds. The summed E-state index contributed by atoms with van der Waals surface area (Å²) in [4.78, 5) is 30.6. The Morgan fingerprint density at radius 1 is 1.21 bits per heavy atom. The summed E-state index contributed by atoms with van der Waals surface area (Å²) in [6, 6.07) is 2.95.